The first-order valence-corrected chi connectivity index (χ1v) is 8.26. The van der Waals surface area contributed by atoms with Gasteiger partial charge in [0.2, 0.25) is 5.89 Å². The third-order valence-electron chi connectivity index (χ3n) is 4.14. The average molecular weight is 330 g/mol. The molecule has 1 aliphatic carbocycles. The number of nitrogens with zero attached hydrogens (tertiary/aromatic N) is 2. The number of ether oxygens (including phenoxy) is 1. The molecule has 2 N–H and O–H groups in total. The van der Waals surface area contributed by atoms with Crippen molar-refractivity contribution in [2.45, 2.75) is 44.7 Å². The van der Waals surface area contributed by atoms with Crippen LogP contribution in [0, 0.1) is 0 Å². The molecule has 0 bridgehead atoms. The van der Waals surface area contributed by atoms with E-state index in [1.807, 2.05) is 24.3 Å². The van der Waals surface area contributed by atoms with Crippen LogP contribution in [0.25, 0.3) is 11.5 Å². The number of hydrogen-bond donors (Lipinski definition) is 2. The highest BCUT2D eigenvalue weighted by Gasteiger charge is 2.17. The molecular weight excluding hydrogens is 308 g/mol. The number of carbonyl (C=O) groups excluding carboxylic acids is 1. The molecule has 0 aliphatic heterocycles. The summed E-state index contributed by atoms with van der Waals surface area (Å²) in [5.74, 6) is 1.39. The normalized spacial score (nSPS) is 15.0. The molecule has 0 radical (unpaired) electrons. The number of amides is 2. The van der Waals surface area contributed by atoms with Crippen LogP contribution in [0.1, 0.15) is 38.0 Å². The molecule has 0 saturated heterocycles. The van der Waals surface area contributed by atoms with Gasteiger partial charge in [0.05, 0.1) is 19.2 Å². The maximum atomic E-state index is 11.9. The zero-order valence-corrected chi connectivity index (χ0v) is 13.7. The molecule has 3 rings (SSSR count). The fourth-order valence-electron chi connectivity index (χ4n) is 2.89. The van der Waals surface area contributed by atoms with E-state index >= 15 is 0 Å². The molecule has 0 atom stereocenters. The number of benzene rings is 1. The van der Waals surface area contributed by atoms with Gasteiger partial charge in [-0.25, -0.2) is 4.79 Å². The maximum absolute atomic E-state index is 11.9. The van der Waals surface area contributed by atoms with Crippen LogP contribution in [0.4, 0.5) is 4.79 Å². The van der Waals surface area contributed by atoms with Crippen molar-refractivity contribution in [3.8, 4) is 17.2 Å². The third-order valence-corrected chi connectivity index (χ3v) is 4.14. The van der Waals surface area contributed by atoms with Gasteiger partial charge < -0.3 is 19.8 Å². The number of carbonyl (C=O) groups is 1. The van der Waals surface area contributed by atoms with Gasteiger partial charge in [0.15, 0.2) is 0 Å². The van der Waals surface area contributed by atoms with E-state index in [9.17, 15) is 4.79 Å². The van der Waals surface area contributed by atoms with Crippen LogP contribution in [0.5, 0.6) is 5.75 Å². The van der Waals surface area contributed by atoms with Crippen molar-refractivity contribution >= 4 is 6.03 Å². The molecule has 7 heteroatoms. The fraction of sp³-hybridized carbons (Fsp3) is 0.471. The summed E-state index contributed by atoms with van der Waals surface area (Å²) in [6, 6.07) is 7.49. The van der Waals surface area contributed by atoms with Gasteiger partial charge in [-0.05, 0) is 25.0 Å². The first-order chi connectivity index (χ1) is 11.8. The Morgan fingerprint density at radius 1 is 1.25 bits per heavy atom. The number of aromatic nitrogens is 2. The summed E-state index contributed by atoms with van der Waals surface area (Å²) in [5.41, 5.74) is 0.727. The molecule has 2 aromatic rings. The highest BCUT2D eigenvalue weighted by Crippen LogP contribution is 2.28. The first kappa shape index (κ1) is 16.3. The van der Waals surface area contributed by atoms with Gasteiger partial charge in [-0.2, -0.15) is 0 Å². The quantitative estimate of drug-likeness (QED) is 0.880. The second kappa shape index (κ2) is 7.81. The second-order valence-electron chi connectivity index (χ2n) is 5.86. The number of methoxy groups -OCH3 is 1. The Balaban J connectivity index is 1.55. The Kier molecular flexibility index (Phi) is 5.30. The minimum Gasteiger partial charge on any atom is -0.496 e. The van der Waals surface area contributed by atoms with Crippen LogP contribution >= 0.6 is 0 Å². The monoisotopic (exact) mass is 330 g/mol. The van der Waals surface area contributed by atoms with Gasteiger partial charge >= 0.3 is 6.03 Å². The van der Waals surface area contributed by atoms with E-state index in [1.165, 1.54) is 19.3 Å². The Hall–Kier alpha value is -2.57. The summed E-state index contributed by atoms with van der Waals surface area (Å²) in [5, 5.41) is 13.7. The van der Waals surface area contributed by atoms with E-state index < -0.39 is 0 Å². The fourth-order valence-corrected chi connectivity index (χ4v) is 2.89. The zero-order valence-electron chi connectivity index (χ0n) is 13.7. The molecule has 1 heterocycles. The minimum absolute atomic E-state index is 0.195. The van der Waals surface area contributed by atoms with Gasteiger partial charge in [0.1, 0.15) is 5.75 Å². The Bertz CT molecular complexity index is 680. The summed E-state index contributed by atoms with van der Waals surface area (Å²) in [7, 11) is 1.59. The smallest absolute Gasteiger partial charge is 0.315 e. The van der Waals surface area contributed by atoms with Crippen molar-refractivity contribution in [3.05, 3.63) is 30.2 Å². The van der Waals surface area contributed by atoms with E-state index in [4.69, 9.17) is 9.15 Å². The largest absolute Gasteiger partial charge is 0.496 e. The summed E-state index contributed by atoms with van der Waals surface area (Å²) in [6.07, 6.45) is 5.71. The minimum atomic E-state index is -0.195. The molecule has 0 spiro atoms. The van der Waals surface area contributed by atoms with Gasteiger partial charge in [-0.15, -0.1) is 10.2 Å². The SMILES string of the molecule is COc1ccccc1-c1nnc(CNC(=O)NC2CCCCC2)o1. The topological polar surface area (TPSA) is 89.3 Å². The Morgan fingerprint density at radius 3 is 2.83 bits per heavy atom. The molecule has 7 nitrogen and oxygen atoms in total. The maximum Gasteiger partial charge on any atom is 0.315 e. The zero-order chi connectivity index (χ0) is 16.8. The number of para-hydroxylation sites is 1. The summed E-state index contributed by atoms with van der Waals surface area (Å²) >= 11 is 0. The van der Waals surface area contributed by atoms with Crippen molar-refractivity contribution in [2.75, 3.05) is 7.11 Å². The van der Waals surface area contributed by atoms with Crippen LogP contribution in [0.2, 0.25) is 0 Å². The Labute approximate surface area is 140 Å². The van der Waals surface area contributed by atoms with Crippen molar-refractivity contribution in [1.82, 2.24) is 20.8 Å². The van der Waals surface area contributed by atoms with Crippen molar-refractivity contribution in [2.24, 2.45) is 0 Å². The van der Waals surface area contributed by atoms with Crippen LogP contribution in [0.15, 0.2) is 28.7 Å². The molecule has 128 valence electrons. The lowest BCUT2D eigenvalue weighted by Gasteiger charge is -2.22. The number of hydrogen-bond acceptors (Lipinski definition) is 5. The van der Waals surface area contributed by atoms with Crippen LogP contribution < -0.4 is 15.4 Å². The molecule has 24 heavy (non-hydrogen) atoms. The van der Waals surface area contributed by atoms with Gasteiger partial charge in [-0.1, -0.05) is 31.4 Å². The number of rotatable bonds is 5. The number of nitrogens with one attached hydrogen (secondary N) is 2. The van der Waals surface area contributed by atoms with E-state index in [2.05, 4.69) is 20.8 Å². The molecule has 1 aliphatic rings. The predicted octanol–water partition coefficient (Wildman–Crippen LogP) is 2.88. The van der Waals surface area contributed by atoms with Crippen LogP contribution in [0.3, 0.4) is 0 Å². The molecule has 1 aromatic carbocycles. The lowest BCUT2D eigenvalue weighted by Crippen LogP contribution is -2.42. The molecule has 1 fully saturated rings. The lowest BCUT2D eigenvalue weighted by molar-refractivity contribution is 0.231. The van der Waals surface area contributed by atoms with Crippen LogP contribution in [-0.4, -0.2) is 29.4 Å². The molecular formula is C17H22N4O3. The molecule has 2 amide bonds. The molecule has 0 unspecified atom stereocenters. The first-order valence-electron chi connectivity index (χ1n) is 8.26. The third kappa shape index (κ3) is 4.04. The average Bonchev–Trinajstić information content (AvgIpc) is 3.09. The lowest BCUT2D eigenvalue weighted by atomic mass is 9.96. The number of urea groups is 1. The van der Waals surface area contributed by atoms with Gasteiger partial charge in [0.25, 0.3) is 5.89 Å². The molecule has 1 aromatic heterocycles. The summed E-state index contributed by atoms with van der Waals surface area (Å²) < 4.78 is 10.9. The molecule has 1 saturated carbocycles. The van der Waals surface area contributed by atoms with E-state index in [0.717, 1.165) is 18.4 Å². The van der Waals surface area contributed by atoms with Crippen molar-refractivity contribution in [1.29, 1.82) is 0 Å². The highest BCUT2D eigenvalue weighted by atomic mass is 16.5. The van der Waals surface area contributed by atoms with E-state index in [-0.39, 0.29) is 18.6 Å². The van der Waals surface area contributed by atoms with Crippen LogP contribution in [-0.2, 0) is 6.54 Å². The van der Waals surface area contributed by atoms with Gasteiger partial charge in [-0.3, -0.25) is 0 Å². The van der Waals surface area contributed by atoms with E-state index in [0.29, 0.717) is 17.5 Å². The Morgan fingerprint density at radius 2 is 2.04 bits per heavy atom. The van der Waals surface area contributed by atoms with Crippen molar-refractivity contribution < 1.29 is 13.9 Å². The predicted molar refractivity (Wildman–Crippen MR) is 88.5 cm³/mol. The summed E-state index contributed by atoms with van der Waals surface area (Å²) in [6.45, 7) is 0.195. The van der Waals surface area contributed by atoms with E-state index in [1.54, 1.807) is 7.11 Å². The summed E-state index contributed by atoms with van der Waals surface area (Å²) in [4.78, 5) is 11.9. The second-order valence-corrected chi connectivity index (χ2v) is 5.86. The standard InChI is InChI=1S/C17H22N4O3/c1-23-14-10-6-5-9-13(14)16-21-20-15(24-16)11-18-17(22)19-12-7-3-2-4-8-12/h5-6,9-10,12H,2-4,7-8,11H2,1H3,(H2,18,19,22). The highest BCUT2D eigenvalue weighted by molar-refractivity contribution is 5.74. The van der Waals surface area contributed by atoms with Crippen molar-refractivity contribution in [3.63, 3.8) is 0 Å². The van der Waals surface area contributed by atoms with Gasteiger partial charge in [0, 0.05) is 6.04 Å².